The zero-order valence-corrected chi connectivity index (χ0v) is 12.9. The smallest absolute Gasteiger partial charge is 0.472 e. The lowest BCUT2D eigenvalue weighted by molar-refractivity contribution is -0.173. The van der Waals surface area contributed by atoms with Crippen molar-refractivity contribution in [1.29, 1.82) is 0 Å². The summed E-state index contributed by atoms with van der Waals surface area (Å²) < 4.78 is 37.7. The van der Waals surface area contributed by atoms with Crippen LogP contribution in [0.3, 0.4) is 0 Å². The number of hydrogen-bond donors (Lipinski definition) is 5. The molecule has 0 saturated heterocycles. The highest BCUT2D eigenvalue weighted by Crippen LogP contribution is 2.13. The van der Waals surface area contributed by atoms with Crippen LogP contribution in [0.15, 0.2) is 0 Å². The van der Waals surface area contributed by atoms with E-state index in [1.807, 2.05) is 0 Å². The van der Waals surface area contributed by atoms with Crippen molar-refractivity contribution in [2.75, 3.05) is 6.61 Å². The van der Waals surface area contributed by atoms with Crippen LogP contribution in [-0.2, 0) is 14.3 Å². The number of halogens is 3. The highest BCUT2D eigenvalue weighted by molar-refractivity contribution is 5.84. The Hall–Kier alpha value is -2.08. The molecule has 136 valence electrons. The van der Waals surface area contributed by atoms with Gasteiger partial charge in [-0.2, -0.15) is 13.2 Å². The Kier molecular flexibility index (Phi) is 8.60. The number of carbonyl (C=O) groups is 3. The summed E-state index contributed by atoms with van der Waals surface area (Å²) in [5.74, 6) is 0.674. The summed E-state index contributed by atoms with van der Waals surface area (Å²) in [5.41, 5.74) is -1.49. The number of aliphatic hydroxyl groups excluding tert-OH is 1. The highest BCUT2D eigenvalue weighted by Gasteiger charge is 2.38. The predicted molar refractivity (Wildman–Crippen MR) is 70.9 cm³/mol. The molecule has 0 aromatic heterocycles. The van der Waals surface area contributed by atoms with Crippen LogP contribution in [0.2, 0.25) is 0 Å². The number of carbonyl (C=O) groups excluding carboxylic acids is 2. The molecule has 12 heteroatoms. The maximum atomic E-state index is 11.2. The molecule has 0 fully saturated rings. The lowest BCUT2D eigenvalue weighted by atomic mass is 10.1. The number of carboxylic acid groups (broad SMARTS) is 1. The Morgan fingerprint density at radius 1 is 1.13 bits per heavy atom. The molecule has 23 heavy (non-hydrogen) atoms. The second kappa shape index (κ2) is 8.53. The van der Waals surface area contributed by atoms with E-state index in [9.17, 15) is 27.6 Å². The van der Waals surface area contributed by atoms with Gasteiger partial charge in [0.05, 0.1) is 6.61 Å². The van der Waals surface area contributed by atoms with Gasteiger partial charge < -0.3 is 20.3 Å². The average molecular weight is 347 g/mol. The molecular formula is C11H20F3N3O6. The Bertz CT molecular complexity index is 436. The molecule has 0 aromatic carbocycles. The fourth-order valence-corrected chi connectivity index (χ4v) is 0.771. The van der Waals surface area contributed by atoms with Crippen molar-refractivity contribution >= 4 is 18.0 Å². The van der Waals surface area contributed by atoms with Crippen molar-refractivity contribution in [3.63, 3.8) is 0 Å². The topological polar surface area (TPSA) is 151 Å². The number of hydrazine groups is 1. The first-order valence-corrected chi connectivity index (χ1v) is 6.02. The molecule has 0 spiro atoms. The van der Waals surface area contributed by atoms with Crippen LogP contribution < -0.4 is 16.6 Å². The Morgan fingerprint density at radius 2 is 1.57 bits per heavy atom. The minimum Gasteiger partial charge on any atom is -0.479 e. The first-order valence-electron chi connectivity index (χ1n) is 6.02. The zero-order chi connectivity index (χ0) is 19.1. The number of hydrogen-bond acceptors (Lipinski definition) is 6. The predicted octanol–water partition coefficient (Wildman–Crippen LogP) is -0.115. The number of aliphatic carboxylic acids is 1. The molecule has 0 rings (SSSR count). The van der Waals surface area contributed by atoms with Crippen molar-refractivity contribution in [1.82, 2.24) is 10.7 Å². The van der Waals surface area contributed by atoms with Crippen LogP contribution in [0.1, 0.15) is 27.7 Å². The second-order valence-corrected chi connectivity index (χ2v) is 5.39. The molecule has 2 amide bonds. The fourth-order valence-electron chi connectivity index (χ4n) is 0.771. The van der Waals surface area contributed by atoms with Crippen molar-refractivity contribution in [3.8, 4) is 0 Å². The first-order chi connectivity index (χ1) is 10.1. The second-order valence-electron chi connectivity index (χ2n) is 5.39. The molecule has 0 saturated carbocycles. The van der Waals surface area contributed by atoms with Crippen LogP contribution in [0, 0.1) is 0 Å². The quantitative estimate of drug-likeness (QED) is 0.271. The summed E-state index contributed by atoms with van der Waals surface area (Å²) in [5, 5.41) is 19.7. The molecular weight excluding hydrogens is 327 g/mol. The Morgan fingerprint density at radius 3 is 1.74 bits per heavy atom. The van der Waals surface area contributed by atoms with Crippen molar-refractivity contribution in [2.45, 2.75) is 45.0 Å². The molecule has 0 aliphatic carbocycles. The van der Waals surface area contributed by atoms with Crippen LogP contribution in [0.25, 0.3) is 0 Å². The maximum Gasteiger partial charge on any atom is 0.472 e. The minimum absolute atomic E-state index is 0.707. The van der Waals surface area contributed by atoms with Crippen LogP contribution >= 0.6 is 0 Å². The highest BCUT2D eigenvalue weighted by atomic mass is 19.4. The van der Waals surface area contributed by atoms with Gasteiger partial charge in [0, 0.05) is 0 Å². The van der Waals surface area contributed by atoms with E-state index < -0.39 is 41.9 Å². The van der Waals surface area contributed by atoms with Crippen LogP contribution in [0.5, 0.6) is 0 Å². The monoisotopic (exact) mass is 347 g/mol. The van der Waals surface area contributed by atoms with E-state index in [0.29, 0.717) is 0 Å². The summed E-state index contributed by atoms with van der Waals surface area (Å²) in [6.07, 6.45) is -5.74. The van der Waals surface area contributed by atoms with E-state index >= 15 is 0 Å². The maximum absolute atomic E-state index is 11.2. The van der Waals surface area contributed by atoms with Crippen molar-refractivity contribution in [2.24, 2.45) is 5.84 Å². The van der Waals surface area contributed by atoms with Gasteiger partial charge in [-0.25, -0.2) is 15.4 Å². The van der Waals surface area contributed by atoms with Gasteiger partial charge in [-0.3, -0.25) is 10.2 Å². The van der Waals surface area contributed by atoms with E-state index in [-0.39, 0.29) is 0 Å². The molecule has 0 aromatic rings. The molecule has 0 aliphatic heterocycles. The number of rotatable bonds is 3. The normalized spacial score (nSPS) is 13.8. The number of ether oxygens (including phenoxy) is 1. The number of nitrogens with one attached hydrogen (secondary N) is 2. The SMILES string of the molecule is CC(C)(C)OC(=O)NC(C)(CO)C(=O)O.NNC(=O)C(F)(F)F. The Balaban J connectivity index is 0. The largest absolute Gasteiger partial charge is 0.479 e. The van der Waals surface area contributed by atoms with E-state index in [2.05, 4.69) is 11.2 Å². The van der Waals surface area contributed by atoms with Gasteiger partial charge in [0.25, 0.3) is 0 Å². The van der Waals surface area contributed by atoms with E-state index in [1.54, 1.807) is 20.8 Å². The standard InChI is InChI=1S/C9H17NO5.C2H3F3N2O/c1-8(2,3)15-7(14)10-9(4,5-11)6(12)13;3-2(4,5)1(8)7-6/h11H,5H2,1-4H3,(H,10,14)(H,12,13);6H2,(H,7,8). The van der Waals surface area contributed by atoms with E-state index in [4.69, 9.17) is 14.9 Å². The zero-order valence-electron chi connectivity index (χ0n) is 12.9. The number of amides is 2. The van der Waals surface area contributed by atoms with E-state index in [1.165, 1.54) is 6.92 Å². The lowest BCUT2D eigenvalue weighted by Crippen LogP contribution is -2.55. The van der Waals surface area contributed by atoms with Gasteiger partial charge in [0.15, 0.2) is 5.54 Å². The van der Waals surface area contributed by atoms with Crippen LogP contribution in [0.4, 0.5) is 18.0 Å². The minimum atomic E-state index is -4.87. The molecule has 6 N–H and O–H groups in total. The van der Waals surface area contributed by atoms with E-state index in [0.717, 1.165) is 5.43 Å². The van der Waals surface area contributed by atoms with Crippen molar-refractivity contribution in [3.05, 3.63) is 0 Å². The Labute approximate surface area is 129 Å². The average Bonchev–Trinajstić information content (AvgIpc) is 2.34. The molecule has 1 unspecified atom stereocenters. The lowest BCUT2D eigenvalue weighted by Gasteiger charge is -2.26. The summed E-state index contributed by atoms with van der Waals surface area (Å²) in [6.45, 7) is 5.46. The first kappa shape index (κ1) is 23.2. The van der Waals surface area contributed by atoms with Gasteiger partial charge >= 0.3 is 24.1 Å². The molecule has 0 radical (unpaired) electrons. The summed E-state index contributed by atoms with van der Waals surface area (Å²) in [4.78, 5) is 31.4. The molecule has 0 aliphatic rings. The third-order valence-corrected chi connectivity index (χ3v) is 1.95. The van der Waals surface area contributed by atoms with Crippen LogP contribution in [-0.4, -0.2) is 52.1 Å². The molecule has 0 bridgehead atoms. The number of nitrogens with two attached hydrogens (primary N) is 1. The number of aliphatic hydroxyl groups is 1. The molecule has 9 nitrogen and oxygen atoms in total. The number of carboxylic acids is 1. The van der Waals surface area contributed by atoms with Gasteiger partial charge in [-0.15, -0.1) is 0 Å². The van der Waals surface area contributed by atoms with Gasteiger partial charge in [-0.1, -0.05) is 0 Å². The van der Waals surface area contributed by atoms with Gasteiger partial charge in [0.1, 0.15) is 5.60 Å². The summed E-state index contributed by atoms with van der Waals surface area (Å²) in [7, 11) is 0. The van der Waals surface area contributed by atoms with Gasteiger partial charge in [0.2, 0.25) is 0 Å². The van der Waals surface area contributed by atoms with Gasteiger partial charge in [-0.05, 0) is 27.7 Å². The number of alkyl halides is 3. The summed E-state index contributed by atoms with van der Waals surface area (Å²) >= 11 is 0. The third kappa shape index (κ3) is 10.3. The third-order valence-electron chi connectivity index (χ3n) is 1.95. The fraction of sp³-hybridized carbons (Fsp3) is 0.727. The number of alkyl carbamates (subject to hydrolysis) is 1. The molecule has 1 atom stereocenters. The van der Waals surface area contributed by atoms with Crippen molar-refractivity contribution < 1.29 is 42.5 Å². The summed E-state index contributed by atoms with van der Waals surface area (Å²) in [6, 6.07) is 0. The molecule has 0 heterocycles.